The summed E-state index contributed by atoms with van der Waals surface area (Å²) in [6, 6.07) is 2.07. The number of rotatable bonds is 3. The predicted molar refractivity (Wildman–Crippen MR) is 79.5 cm³/mol. The quantitative estimate of drug-likeness (QED) is 0.785. The van der Waals surface area contributed by atoms with Gasteiger partial charge in [-0.05, 0) is 38.3 Å². The van der Waals surface area contributed by atoms with Crippen molar-refractivity contribution >= 4 is 11.9 Å². The van der Waals surface area contributed by atoms with Crippen LogP contribution in [0.3, 0.4) is 0 Å². The molecule has 8 heteroatoms. The summed E-state index contributed by atoms with van der Waals surface area (Å²) in [4.78, 5) is 16.6. The van der Waals surface area contributed by atoms with E-state index in [2.05, 4.69) is 30.9 Å². The van der Waals surface area contributed by atoms with Gasteiger partial charge in [-0.25, -0.2) is 4.68 Å². The van der Waals surface area contributed by atoms with Gasteiger partial charge in [0, 0.05) is 19.0 Å². The van der Waals surface area contributed by atoms with E-state index in [9.17, 15) is 4.79 Å². The van der Waals surface area contributed by atoms with E-state index in [-0.39, 0.29) is 11.9 Å². The Labute approximate surface area is 127 Å². The molecule has 22 heavy (non-hydrogen) atoms. The minimum absolute atomic E-state index is 0.270. The SMILES string of the molecule is O=C(Nc1nc2n(n1)CCCC2)c1cc(C2CCCN2)[nH]n1. The molecule has 116 valence electrons. The second-order valence-corrected chi connectivity index (χ2v) is 5.84. The summed E-state index contributed by atoms with van der Waals surface area (Å²) in [5, 5.41) is 17.5. The van der Waals surface area contributed by atoms with Gasteiger partial charge in [-0.2, -0.15) is 10.1 Å². The van der Waals surface area contributed by atoms with Gasteiger partial charge in [0.25, 0.3) is 5.91 Å². The number of H-pyrrole nitrogens is 1. The molecule has 2 aliphatic heterocycles. The number of aromatic nitrogens is 5. The standard InChI is InChI=1S/C14H19N7O/c22-13(11-8-10(18-19-11)9-4-3-6-15-9)17-14-16-12-5-1-2-7-21(12)20-14/h8-9,15H,1-7H2,(H,18,19)(H,17,20,22). The summed E-state index contributed by atoms with van der Waals surface area (Å²) in [7, 11) is 0. The van der Waals surface area contributed by atoms with Crippen LogP contribution < -0.4 is 10.6 Å². The van der Waals surface area contributed by atoms with Gasteiger partial charge in [-0.15, -0.1) is 5.10 Å². The average Bonchev–Trinajstić information content (AvgIpc) is 3.26. The Kier molecular flexibility index (Phi) is 3.38. The lowest BCUT2D eigenvalue weighted by molar-refractivity contribution is 0.102. The van der Waals surface area contributed by atoms with Crippen LogP contribution in [0.5, 0.6) is 0 Å². The van der Waals surface area contributed by atoms with Gasteiger partial charge in [0.15, 0.2) is 5.69 Å². The van der Waals surface area contributed by atoms with E-state index >= 15 is 0 Å². The molecule has 0 radical (unpaired) electrons. The molecule has 1 unspecified atom stereocenters. The number of aryl methyl sites for hydroxylation is 2. The van der Waals surface area contributed by atoms with Crippen LogP contribution in [0.15, 0.2) is 6.07 Å². The Bertz CT molecular complexity index is 660. The first kappa shape index (κ1) is 13.4. The molecule has 2 aromatic heterocycles. The number of anilines is 1. The van der Waals surface area contributed by atoms with Crippen LogP contribution in [0.2, 0.25) is 0 Å². The highest BCUT2D eigenvalue weighted by atomic mass is 16.2. The number of hydrogen-bond donors (Lipinski definition) is 3. The first-order valence-electron chi connectivity index (χ1n) is 7.83. The van der Waals surface area contributed by atoms with Crippen LogP contribution in [0.25, 0.3) is 0 Å². The lowest BCUT2D eigenvalue weighted by atomic mass is 10.1. The van der Waals surface area contributed by atoms with Crippen molar-refractivity contribution in [2.24, 2.45) is 0 Å². The van der Waals surface area contributed by atoms with Crippen molar-refractivity contribution in [2.45, 2.75) is 44.7 Å². The number of nitrogens with one attached hydrogen (secondary N) is 3. The predicted octanol–water partition coefficient (Wildman–Crippen LogP) is 1.01. The third-order valence-corrected chi connectivity index (χ3v) is 4.26. The van der Waals surface area contributed by atoms with Crippen molar-refractivity contribution in [3.63, 3.8) is 0 Å². The minimum atomic E-state index is -0.275. The number of fused-ring (bicyclic) bond motifs is 1. The van der Waals surface area contributed by atoms with Gasteiger partial charge in [0.2, 0.25) is 5.95 Å². The monoisotopic (exact) mass is 301 g/mol. The maximum Gasteiger partial charge on any atom is 0.278 e. The van der Waals surface area contributed by atoms with Crippen molar-refractivity contribution < 1.29 is 4.79 Å². The van der Waals surface area contributed by atoms with Crippen LogP contribution in [0, 0.1) is 0 Å². The van der Waals surface area contributed by atoms with E-state index < -0.39 is 0 Å². The van der Waals surface area contributed by atoms with Crippen molar-refractivity contribution in [3.05, 3.63) is 23.3 Å². The van der Waals surface area contributed by atoms with Gasteiger partial charge < -0.3 is 5.32 Å². The van der Waals surface area contributed by atoms with Crippen molar-refractivity contribution in [2.75, 3.05) is 11.9 Å². The Morgan fingerprint density at radius 2 is 2.32 bits per heavy atom. The number of aromatic amines is 1. The Balaban J connectivity index is 1.46. The van der Waals surface area contributed by atoms with E-state index in [1.807, 2.05) is 4.68 Å². The van der Waals surface area contributed by atoms with Gasteiger partial charge in [0.05, 0.1) is 5.69 Å². The molecule has 0 spiro atoms. The van der Waals surface area contributed by atoms with E-state index in [1.54, 1.807) is 6.07 Å². The summed E-state index contributed by atoms with van der Waals surface area (Å²) in [5.74, 6) is 1.04. The molecule has 8 nitrogen and oxygen atoms in total. The lowest BCUT2D eigenvalue weighted by Gasteiger charge is -2.09. The number of nitrogens with zero attached hydrogens (tertiary/aromatic N) is 4. The van der Waals surface area contributed by atoms with E-state index in [4.69, 9.17) is 0 Å². The first-order chi connectivity index (χ1) is 10.8. The zero-order valence-electron chi connectivity index (χ0n) is 12.3. The smallest absolute Gasteiger partial charge is 0.278 e. The molecular formula is C14H19N7O. The van der Waals surface area contributed by atoms with Gasteiger partial charge in [-0.3, -0.25) is 15.2 Å². The summed E-state index contributed by atoms with van der Waals surface area (Å²) in [6.07, 6.45) is 5.38. The van der Waals surface area contributed by atoms with Crippen molar-refractivity contribution in [3.8, 4) is 0 Å². The highest BCUT2D eigenvalue weighted by Gasteiger charge is 2.21. The largest absolute Gasteiger partial charge is 0.309 e. The topological polar surface area (TPSA) is 101 Å². The molecule has 0 aromatic carbocycles. The van der Waals surface area contributed by atoms with Gasteiger partial charge in [0.1, 0.15) is 5.82 Å². The molecule has 1 fully saturated rings. The second-order valence-electron chi connectivity index (χ2n) is 5.84. The number of hydrogen-bond acceptors (Lipinski definition) is 5. The van der Waals surface area contributed by atoms with E-state index in [0.29, 0.717) is 11.6 Å². The molecule has 0 bridgehead atoms. The van der Waals surface area contributed by atoms with Crippen LogP contribution in [-0.2, 0) is 13.0 Å². The normalized spacial score (nSPS) is 20.8. The van der Waals surface area contributed by atoms with Crippen LogP contribution in [0.4, 0.5) is 5.95 Å². The molecule has 0 aliphatic carbocycles. The zero-order chi connectivity index (χ0) is 14.9. The Hall–Kier alpha value is -2.22. The summed E-state index contributed by atoms with van der Waals surface area (Å²) >= 11 is 0. The van der Waals surface area contributed by atoms with Crippen LogP contribution >= 0.6 is 0 Å². The van der Waals surface area contributed by atoms with Crippen LogP contribution in [-0.4, -0.2) is 37.4 Å². The summed E-state index contributed by atoms with van der Waals surface area (Å²) in [5.41, 5.74) is 1.33. The maximum absolute atomic E-state index is 12.3. The molecule has 2 aliphatic rings. The molecule has 1 atom stereocenters. The summed E-state index contributed by atoms with van der Waals surface area (Å²) < 4.78 is 1.87. The second kappa shape index (κ2) is 5.53. The number of carbonyl (C=O) groups excluding carboxylic acids is 1. The van der Waals surface area contributed by atoms with Crippen LogP contribution in [0.1, 0.15) is 53.7 Å². The van der Waals surface area contributed by atoms with Crippen molar-refractivity contribution in [1.82, 2.24) is 30.3 Å². The Morgan fingerprint density at radius 1 is 1.36 bits per heavy atom. The van der Waals surface area contributed by atoms with Gasteiger partial charge >= 0.3 is 0 Å². The first-order valence-corrected chi connectivity index (χ1v) is 7.83. The molecular weight excluding hydrogens is 282 g/mol. The maximum atomic E-state index is 12.3. The van der Waals surface area contributed by atoms with Crippen molar-refractivity contribution in [1.29, 1.82) is 0 Å². The Morgan fingerprint density at radius 3 is 3.14 bits per heavy atom. The molecule has 1 saturated heterocycles. The zero-order valence-corrected chi connectivity index (χ0v) is 12.3. The number of carbonyl (C=O) groups is 1. The third kappa shape index (κ3) is 2.50. The number of amides is 1. The molecule has 4 rings (SSSR count). The van der Waals surface area contributed by atoms with E-state index in [1.165, 1.54) is 0 Å². The average molecular weight is 301 g/mol. The molecule has 3 N–H and O–H groups in total. The molecule has 2 aromatic rings. The van der Waals surface area contributed by atoms with Gasteiger partial charge in [-0.1, -0.05) is 0 Å². The highest BCUT2D eigenvalue weighted by Crippen LogP contribution is 2.21. The third-order valence-electron chi connectivity index (χ3n) is 4.26. The summed E-state index contributed by atoms with van der Waals surface area (Å²) in [6.45, 7) is 1.88. The lowest BCUT2D eigenvalue weighted by Crippen LogP contribution is -2.14. The fourth-order valence-electron chi connectivity index (χ4n) is 3.08. The molecule has 1 amide bonds. The fourth-order valence-corrected chi connectivity index (χ4v) is 3.08. The minimum Gasteiger partial charge on any atom is -0.309 e. The molecule has 0 saturated carbocycles. The fraction of sp³-hybridized carbons (Fsp3) is 0.571. The molecule has 4 heterocycles. The van der Waals surface area contributed by atoms with E-state index in [0.717, 1.165) is 56.7 Å². The highest BCUT2D eigenvalue weighted by molar-refractivity contribution is 6.01.